The molecule has 3 heterocycles. The Labute approximate surface area is 221 Å². The number of fused-ring (bicyclic) bond motifs is 2. The Bertz CT molecular complexity index is 1510. The van der Waals surface area contributed by atoms with Crippen molar-refractivity contribution in [3.8, 4) is 11.6 Å². The van der Waals surface area contributed by atoms with Crippen molar-refractivity contribution in [1.29, 1.82) is 0 Å². The van der Waals surface area contributed by atoms with E-state index in [9.17, 15) is 13.6 Å². The first-order chi connectivity index (χ1) is 18.0. The van der Waals surface area contributed by atoms with E-state index in [1.807, 2.05) is 38.4 Å². The largest absolute Gasteiger partial charge is 0.516 e. The number of urea groups is 1. The van der Waals surface area contributed by atoms with E-state index in [1.54, 1.807) is 39.9 Å². The lowest BCUT2D eigenvalue weighted by molar-refractivity contribution is 0.0796. The van der Waals surface area contributed by atoms with E-state index in [0.717, 1.165) is 22.0 Å². The van der Waals surface area contributed by atoms with Crippen LogP contribution in [0.3, 0.4) is 0 Å². The molecule has 0 bridgehead atoms. The maximum Gasteiger partial charge on any atom is 0.335 e. The van der Waals surface area contributed by atoms with Gasteiger partial charge in [0, 0.05) is 35.9 Å². The number of carbonyl (C=O) groups excluding carboxylic acids is 1. The number of amides is 2. The number of hydrogen-bond donors (Lipinski definition) is 0. The summed E-state index contributed by atoms with van der Waals surface area (Å²) in [5, 5.41) is 3.38. The average Bonchev–Trinajstić information content (AvgIpc) is 3.21. The molecule has 1 aliphatic rings. The van der Waals surface area contributed by atoms with Crippen molar-refractivity contribution in [2.24, 2.45) is 7.05 Å². The van der Waals surface area contributed by atoms with Gasteiger partial charge in [-0.05, 0) is 60.3 Å². The molecule has 0 saturated heterocycles. The van der Waals surface area contributed by atoms with Gasteiger partial charge in [0.05, 0.1) is 17.7 Å². The van der Waals surface area contributed by atoms with Crippen molar-refractivity contribution in [3.63, 3.8) is 0 Å². The minimum absolute atomic E-state index is 0.0105. The molecule has 0 N–H and O–H groups in total. The van der Waals surface area contributed by atoms with Crippen molar-refractivity contribution in [3.05, 3.63) is 65.9 Å². The Balaban J connectivity index is 1.59. The van der Waals surface area contributed by atoms with Gasteiger partial charge in [-0.2, -0.15) is 10.1 Å². The van der Waals surface area contributed by atoms with E-state index in [-0.39, 0.29) is 24.0 Å². The molecule has 5 rings (SSSR count). The fourth-order valence-electron chi connectivity index (χ4n) is 4.30. The summed E-state index contributed by atoms with van der Waals surface area (Å²) >= 11 is 0. The zero-order valence-corrected chi connectivity index (χ0v) is 20.6. The molecule has 2 aromatic carbocycles. The van der Waals surface area contributed by atoms with Crippen LogP contribution in [0, 0.1) is 6.92 Å². The Morgan fingerprint density at radius 1 is 1.08 bits per heavy atom. The third-order valence-corrected chi connectivity index (χ3v) is 5.91. The zero-order valence-electron chi connectivity index (χ0n) is 20.6. The maximum atomic E-state index is 14.0. The molecular weight excluding hydrogens is 489 g/mol. The van der Waals surface area contributed by atoms with Gasteiger partial charge in [-0.1, -0.05) is 0 Å². The summed E-state index contributed by atoms with van der Waals surface area (Å²) in [7, 11) is 18.4. The molecule has 1 aliphatic heterocycles. The first-order valence-corrected chi connectivity index (χ1v) is 11.6. The molecular formula is C25H20B3F2N5O3. The Kier molecular flexibility index (Phi) is 6.54. The molecule has 0 unspecified atom stereocenters. The summed E-state index contributed by atoms with van der Waals surface area (Å²) in [5.74, 6) is 0.546. The number of aromatic nitrogens is 3. The SMILES string of the molecule is [B]C([B])([B])Oc1ccc(N2C(=O)N(c3ccc4nn(C)cc4c3)Cc3c(C)cc(OCC(F)F)nc32)cc1. The van der Waals surface area contributed by atoms with Crippen LogP contribution in [0.1, 0.15) is 11.1 Å². The van der Waals surface area contributed by atoms with E-state index < -0.39 is 24.4 Å². The second-order valence-corrected chi connectivity index (χ2v) is 8.98. The Morgan fingerprint density at radius 2 is 1.79 bits per heavy atom. The number of carbonyl (C=O) groups is 1. The Morgan fingerprint density at radius 3 is 2.47 bits per heavy atom. The molecule has 2 aromatic heterocycles. The standard InChI is InChI=1S/C25H20B3F2N5O3/c1-14-9-22(37-13-21(29)30)31-23-19(14)12-34(17-5-8-20-15(10-17)11-33(2)32-20)24(36)35(23)16-3-6-18(7-4-16)38-25(26,27)28/h3-11,21H,12-13H2,1-2H3. The number of rotatable bonds is 7. The lowest BCUT2D eigenvalue weighted by Gasteiger charge is -2.37. The number of ether oxygens (including phenoxy) is 2. The summed E-state index contributed by atoms with van der Waals surface area (Å²) in [6.07, 6.45) is -0.806. The monoisotopic (exact) mass is 509 g/mol. The lowest BCUT2D eigenvalue weighted by atomic mass is 9.52. The summed E-state index contributed by atoms with van der Waals surface area (Å²) in [4.78, 5) is 21.4. The van der Waals surface area contributed by atoms with Crippen molar-refractivity contribution < 1.29 is 23.0 Å². The predicted molar refractivity (Wildman–Crippen MR) is 142 cm³/mol. The fourth-order valence-corrected chi connectivity index (χ4v) is 4.30. The van der Waals surface area contributed by atoms with E-state index in [0.29, 0.717) is 11.4 Å². The van der Waals surface area contributed by atoms with Crippen molar-refractivity contribution in [1.82, 2.24) is 14.8 Å². The highest BCUT2D eigenvalue weighted by Crippen LogP contribution is 2.39. The second-order valence-electron chi connectivity index (χ2n) is 8.98. The van der Waals surface area contributed by atoms with Gasteiger partial charge in [0.2, 0.25) is 5.88 Å². The minimum Gasteiger partial charge on any atom is -0.516 e. The second kappa shape index (κ2) is 9.70. The summed E-state index contributed by atoms with van der Waals surface area (Å²) in [6, 6.07) is 13.0. The summed E-state index contributed by atoms with van der Waals surface area (Å²) in [5.41, 5.74) is 3.34. The van der Waals surface area contributed by atoms with Crippen LogP contribution in [0.4, 0.5) is 30.8 Å². The quantitative estimate of drug-likeness (QED) is 0.356. The van der Waals surface area contributed by atoms with Crippen molar-refractivity contribution in [2.75, 3.05) is 16.4 Å². The van der Waals surface area contributed by atoms with E-state index in [4.69, 9.17) is 33.0 Å². The number of pyridine rings is 1. The van der Waals surface area contributed by atoms with Gasteiger partial charge >= 0.3 is 6.03 Å². The van der Waals surface area contributed by atoms with Gasteiger partial charge in [-0.3, -0.25) is 9.58 Å². The molecule has 6 radical (unpaired) electrons. The first-order valence-electron chi connectivity index (χ1n) is 11.6. The number of aryl methyl sites for hydroxylation is 2. The van der Waals surface area contributed by atoms with Crippen LogP contribution in [0.2, 0.25) is 0 Å². The lowest BCUT2D eigenvalue weighted by Crippen LogP contribution is -2.45. The topological polar surface area (TPSA) is 72.7 Å². The summed E-state index contributed by atoms with van der Waals surface area (Å²) < 4.78 is 37.8. The third kappa shape index (κ3) is 5.18. The number of halogens is 2. The highest BCUT2D eigenvalue weighted by molar-refractivity contribution is 6.58. The molecule has 38 heavy (non-hydrogen) atoms. The molecule has 0 saturated carbocycles. The highest BCUT2D eigenvalue weighted by Gasteiger charge is 2.35. The van der Waals surface area contributed by atoms with Gasteiger partial charge < -0.3 is 9.47 Å². The number of benzene rings is 2. The van der Waals surface area contributed by atoms with Crippen molar-refractivity contribution >= 4 is 57.7 Å². The van der Waals surface area contributed by atoms with E-state index >= 15 is 0 Å². The highest BCUT2D eigenvalue weighted by atomic mass is 19.3. The molecule has 186 valence electrons. The number of alkyl halides is 2. The number of nitrogens with zero attached hydrogens (tertiary/aromatic N) is 5. The van der Waals surface area contributed by atoms with Crippen LogP contribution in [-0.4, -0.2) is 62.7 Å². The molecule has 0 atom stereocenters. The van der Waals surface area contributed by atoms with E-state index in [2.05, 4.69) is 10.1 Å². The van der Waals surface area contributed by atoms with Gasteiger partial charge in [-0.25, -0.2) is 18.5 Å². The fraction of sp³-hybridized carbons (Fsp3) is 0.240. The van der Waals surface area contributed by atoms with Crippen LogP contribution in [-0.2, 0) is 13.6 Å². The number of hydrogen-bond acceptors (Lipinski definition) is 5. The molecule has 0 aliphatic carbocycles. The molecule has 2 amide bonds. The minimum atomic E-state index is -2.67. The van der Waals surface area contributed by atoms with Gasteiger partial charge in [0.1, 0.15) is 29.3 Å². The third-order valence-electron chi connectivity index (χ3n) is 5.91. The molecule has 13 heteroatoms. The smallest absolute Gasteiger partial charge is 0.335 e. The van der Waals surface area contributed by atoms with Gasteiger partial charge in [0.15, 0.2) is 12.4 Å². The first kappa shape index (κ1) is 25.6. The van der Waals surface area contributed by atoms with Crippen LogP contribution >= 0.6 is 0 Å². The van der Waals surface area contributed by atoms with Crippen LogP contribution in [0.25, 0.3) is 10.9 Å². The van der Waals surface area contributed by atoms with E-state index in [1.165, 1.54) is 4.90 Å². The molecule has 4 aromatic rings. The number of anilines is 3. The van der Waals surface area contributed by atoms with Crippen LogP contribution in [0.5, 0.6) is 11.6 Å². The molecule has 8 nitrogen and oxygen atoms in total. The zero-order chi connectivity index (χ0) is 27.2. The van der Waals surface area contributed by atoms with Crippen LogP contribution in [0.15, 0.2) is 54.7 Å². The molecule has 0 fully saturated rings. The molecule has 0 spiro atoms. The predicted octanol–water partition coefficient (Wildman–Crippen LogP) is 3.69. The van der Waals surface area contributed by atoms with Crippen molar-refractivity contribution in [2.45, 2.75) is 25.2 Å². The van der Waals surface area contributed by atoms with Crippen LogP contribution < -0.4 is 19.3 Å². The Hall–Kier alpha value is -4.02. The van der Waals surface area contributed by atoms with Gasteiger partial charge in [0.25, 0.3) is 6.43 Å². The average molecular weight is 509 g/mol. The normalized spacial score (nSPS) is 13.8. The summed E-state index contributed by atoms with van der Waals surface area (Å²) in [6.45, 7) is 1.20. The maximum absolute atomic E-state index is 14.0. The van der Waals surface area contributed by atoms with Gasteiger partial charge in [-0.15, -0.1) is 0 Å².